The molecule has 0 rings (SSSR count). The predicted molar refractivity (Wildman–Crippen MR) is 102 cm³/mol. The zero-order valence-corrected chi connectivity index (χ0v) is 16.6. The summed E-state index contributed by atoms with van der Waals surface area (Å²) >= 11 is 0. The first-order valence-electron chi connectivity index (χ1n) is 9.03. The van der Waals surface area contributed by atoms with Crippen molar-refractivity contribution < 1.29 is 10.2 Å². The summed E-state index contributed by atoms with van der Waals surface area (Å²) in [5.74, 6) is 0. The lowest BCUT2D eigenvalue weighted by molar-refractivity contribution is 0.182. The van der Waals surface area contributed by atoms with Crippen LogP contribution in [0.25, 0.3) is 0 Å². The SMILES string of the molecule is CN(CCO)CCN(C)CCN(C)CCN(C)CCN(C)CCO. The molecule has 2 N–H and O–H groups in total. The molecule has 0 radical (unpaired) electrons. The van der Waals surface area contributed by atoms with Gasteiger partial charge in [0.05, 0.1) is 13.2 Å². The van der Waals surface area contributed by atoms with Gasteiger partial charge in [-0.1, -0.05) is 0 Å². The van der Waals surface area contributed by atoms with Gasteiger partial charge in [-0.2, -0.15) is 0 Å². The smallest absolute Gasteiger partial charge is 0.0558 e. The molecule has 0 aliphatic heterocycles. The van der Waals surface area contributed by atoms with Crippen LogP contribution < -0.4 is 0 Å². The van der Waals surface area contributed by atoms with Crippen molar-refractivity contribution in [1.82, 2.24) is 24.5 Å². The van der Waals surface area contributed by atoms with Gasteiger partial charge >= 0.3 is 0 Å². The van der Waals surface area contributed by atoms with Crippen molar-refractivity contribution in [2.75, 3.05) is 114 Å². The quantitative estimate of drug-likeness (QED) is 0.357. The highest BCUT2D eigenvalue weighted by Crippen LogP contribution is 1.92. The molecule has 0 saturated carbocycles. The number of aliphatic hydroxyl groups excluding tert-OH is 2. The highest BCUT2D eigenvalue weighted by molar-refractivity contribution is 4.63. The summed E-state index contributed by atoms with van der Waals surface area (Å²) < 4.78 is 0. The van der Waals surface area contributed by atoms with Crippen LogP contribution in [0.3, 0.4) is 0 Å². The lowest BCUT2D eigenvalue weighted by Crippen LogP contribution is -2.39. The number of hydrogen-bond donors (Lipinski definition) is 2. The lowest BCUT2D eigenvalue weighted by atomic mass is 10.4. The molecule has 0 atom stereocenters. The molecule has 7 nitrogen and oxygen atoms in total. The Morgan fingerprint density at radius 3 is 0.708 bits per heavy atom. The highest BCUT2D eigenvalue weighted by atomic mass is 16.3. The first-order valence-corrected chi connectivity index (χ1v) is 9.03. The minimum absolute atomic E-state index is 0.228. The van der Waals surface area contributed by atoms with E-state index in [-0.39, 0.29) is 13.2 Å². The van der Waals surface area contributed by atoms with E-state index in [4.69, 9.17) is 10.2 Å². The number of aliphatic hydroxyl groups is 2. The van der Waals surface area contributed by atoms with Gasteiger partial charge in [0.2, 0.25) is 0 Å². The fourth-order valence-corrected chi connectivity index (χ4v) is 2.27. The van der Waals surface area contributed by atoms with E-state index in [9.17, 15) is 0 Å². The molecule has 0 aliphatic carbocycles. The Labute approximate surface area is 149 Å². The van der Waals surface area contributed by atoms with Gasteiger partial charge in [0.1, 0.15) is 0 Å². The summed E-state index contributed by atoms with van der Waals surface area (Å²) in [7, 11) is 10.6. The second-order valence-electron chi connectivity index (χ2n) is 6.96. The van der Waals surface area contributed by atoms with Crippen molar-refractivity contribution in [3.8, 4) is 0 Å². The summed E-state index contributed by atoms with van der Waals surface area (Å²) in [5, 5.41) is 17.8. The van der Waals surface area contributed by atoms with Gasteiger partial charge in [-0.25, -0.2) is 0 Å². The Balaban J connectivity index is 3.68. The van der Waals surface area contributed by atoms with Crippen LogP contribution in [0.5, 0.6) is 0 Å². The van der Waals surface area contributed by atoms with Crippen molar-refractivity contribution in [2.45, 2.75) is 0 Å². The largest absolute Gasteiger partial charge is 0.395 e. The molecular weight excluding hydrogens is 306 g/mol. The average molecular weight is 348 g/mol. The van der Waals surface area contributed by atoms with Gasteiger partial charge in [-0.3, -0.25) is 0 Å². The number of nitrogens with zero attached hydrogens (tertiary/aromatic N) is 5. The molecule has 0 saturated heterocycles. The molecule has 0 aliphatic rings. The zero-order valence-electron chi connectivity index (χ0n) is 16.6. The maximum absolute atomic E-state index is 8.90. The topological polar surface area (TPSA) is 56.7 Å². The second-order valence-corrected chi connectivity index (χ2v) is 6.96. The molecule has 0 unspecified atom stereocenters. The molecule has 24 heavy (non-hydrogen) atoms. The molecule has 0 heterocycles. The van der Waals surface area contributed by atoms with E-state index >= 15 is 0 Å². The third-order valence-corrected chi connectivity index (χ3v) is 4.42. The zero-order chi connectivity index (χ0) is 18.4. The number of rotatable bonds is 16. The number of hydrogen-bond acceptors (Lipinski definition) is 7. The fourth-order valence-electron chi connectivity index (χ4n) is 2.27. The lowest BCUT2D eigenvalue weighted by Gasteiger charge is -2.26. The van der Waals surface area contributed by atoms with E-state index in [2.05, 4.69) is 45.6 Å². The van der Waals surface area contributed by atoms with Crippen molar-refractivity contribution in [3.63, 3.8) is 0 Å². The van der Waals surface area contributed by atoms with Crippen LogP contribution in [0, 0.1) is 0 Å². The average Bonchev–Trinajstić information content (AvgIpc) is 2.54. The Hall–Kier alpha value is -0.280. The highest BCUT2D eigenvalue weighted by Gasteiger charge is 2.06. The summed E-state index contributed by atoms with van der Waals surface area (Å²) in [5.41, 5.74) is 0. The van der Waals surface area contributed by atoms with E-state index in [1.165, 1.54) is 0 Å². The normalized spacial score (nSPS) is 12.5. The van der Waals surface area contributed by atoms with E-state index < -0.39 is 0 Å². The van der Waals surface area contributed by atoms with Crippen LogP contribution in [-0.2, 0) is 0 Å². The predicted octanol–water partition coefficient (Wildman–Crippen LogP) is -1.37. The summed E-state index contributed by atoms with van der Waals surface area (Å²) in [6.07, 6.45) is 0. The third kappa shape index (κ3) is 14.1. The molecule has 0 amide bonds. The van der Waals surface area contributed by atoms with Crippen LogP contribution >= 0.6 is 0 Å². The van der Waals surface area contributed by atoms with E-state index in [1.54, 1.807) is 0 Å². The molecule has 0 aromatic heterocycles. The summed E-state index contributed by atoms with van der Waals surface area (Å²) in [6.45, 7) is 10.2. The van der Waals surface area contributed by atoms with Crippen LogP contribution in [0.1, 0.15) is 0 Å². The van der Waals surface area contributed by atoms with E-state index in [0.29, 0.717) is 0 Å². The summed E-state index contributed by atoms with van der Waals surface area (Å²) in [4.78, 5) is 11.4. The monoisotopic (exact) mass is 347 g/mol. The van der Waals surface area contributed by atoms with Crippen molar-refractivity contribution >= 4 is 0 Å². The summed E-state index contributed by atoms with van der Waals surface area (Å²) in [6, 6.07) is 0. The first-order chi connectivity index (χ1) is 11.4. The molecule has 0 fully saturated rings. The van der Waals surface area contributed by atoms with Gasteiger partial charge in [0, 0.05) is 65.4 Å². The van der Waals surface area contributed by atoms with Crippen LogP contribution in [0.15, 0.2) is 0 Å². The Bertz CT molecular complexity index is 258. The molecule has 0 spiro atoms. The Morgan fingerprint density at radius 1 is 0.375 bits per heavy atom. The van der Waals surface area contributed by atoms with Crippen LogP contribution in [-0.4, -0.2) is 149 Å². The third-order valence-electron chi connectivity index (χ3n) is 4.42. The molecule has 0 aromatic rings. The number of likely N-dealkylation sites (N-methyl/N-ethyl adjacent to an activating group) is 5. The van der Waals surface area contributed by atoms with Crippen LogP contribution in [0.2, 0.25) is 0 Å². The van der Waals surface area contributed by atoms with E-state index in [0.717, 1.165) is 65.4 Å². The van der Waals surface area contributed by atoms with Crippen molar-refractivity contribution in [1.29, 1.82) is 0 Å². The maximum Gasteiger partial charge on any atom is 0.0558 e. The van der Waals surface area contributed by atoms with E-state index in [1.807, 2.05) is 14.1 Å². The Kier molecular flexibility index (Phi) is 14.8. The fraction of sp³-hybridized carbons (Fsp3) is 1.00. The Morgan fingerprint density at radius 2 is 0.542 bits per heavy atom. The minimum atomic E-state index is 0.228. The van der Waals surface area contributed by atoms with Crippen molar-refractivity contribution in [3.05, 3.63) is 0 Å². The molecule has 7 heteroatoms. The molecule has 0 bridgehead atoms. The standard InChI is InChI=1S/C17H41N5O2/c1-18(6-8-19(2)10-12-21(4)14-16-23)7-9-20(3)11-13-22(5)15-17-24/h23-24H,6-17H2,1-5H3. The van der Waals surface area contributed by atoms with Gasteiger partial charge in [-0.15, -0.1) is 0 Å². The molecule has 0 aromatic carbocycles. The van der Waals surface area contributed by atoms with Gasteiger partial charge in [0.15, 0.2) is 0 Å². The van der Waals surface area contributed by atoms with Gasteiger partial charge in [-0.05, 0) is 35.2 Å². The molecule has 146 valence electrons. The van der Waals surface area contributed by atoms with Crippen LogP contribution in [0.4, 0.5) is 0 Å². The first kappa shape index (κ1) is 23.7. The minimum Gasteiger partial charge on any atom is -0.395 e. The van der Waals surface area contributed by atoms with Gasteiger partial charge in [0.25, 0.3) is 0 Å². The molecular formula is C17H41N5O2. The second kappa shape index (κ2) is 15.0. The maximum atomic E-state index is 8.90. The van der Waals surface area contributed by atoms with Crippen molar-refractivity contribution in [2.24, 2.45) is 0 Å². The van der Waals surface area contributed by atoms with Gasteiger partial charge < -0.3 is 34.7 Å².